The summed E-state index contributed by atoms with van der Waals surface area (Å²) in [6.07, 6.45) is 0.552. The molecule has 0 amide bonds. The Morgan fingerprint density at radius 3 is 2.74 bits per heavy atom. The largest absolute Gasteiger partial charge is 0.493 e. The summed E-state index contributed by atoms with van der Waals surface area (Å²) in [5.74, 6) is 0.0759. The summed E-state index contributed by atoms with van der Waals surface area (Å²) in [6, 6.07) is 5.52. The molecule has 104 valence electrons. The molecular formula is C14H18O5. The van der Waals surface area contributed by atoms with E-state index in [1.165, 1.54) is 0 Å². The average Bonchev–Trinajstić information content (AvgIpc) is 2.34. The highest BCUT2D eigenvalue weighted by Gasteiger charge is 2.22. The molecule has 1 aliphatic rings. The van der Waals surface area contributed by atoms with E-state index in [1.54, 1.807) is 14.0 Å². The fourth-order valence-electron chi connectivity index (χ4n) is 1.84. The van der Waals surface area contributed by atoms with Gasteiger partial charge in [-0.15, -0.1) is 0 Å². The van der Waals surface area contributed by atoms with Crippen molar-refractivity contribution < 1.29 is 24.1 Å². The van der Waals surface area contributed by atoms with Gasteiger partial charge in [-0.25, -0.2) is 0 Å². The molecular weight excluding hydrogens is 248 g/mol. The number of aliphatic carboxylic acids is 1. The lowest BCUT2D eigenvalue weighted by atomic mass is 10.0. The minimum Gasteiger partial charge on any atom is -0.493 e. The first-order chi connectivity index (χ1) is 9.10. The van der Waals surface area contributed by atoms with Crippen molar-refractivity contribution in [2.24, 2.45) is 5.92 Å². The molecule has 1 heterocycles. The number of carboxylic acids is 1. The standard InChI is InChI=1S/C14H18O5/c1-9(14(15)16)5-10-3-4-12(13(6-10)17-2)19-11-7-18-8-11/h3-4,6,9,11H,5,7-8H2,1-2H3,(H,15,16). The molecule has 1 aliphatic heterocycles. The lowest BCUT2D eigenvalue weighted by molar-refractivity contribution is -0.141. The third-order valence-corrected chi connectivity index (χ3v) is 3.09. The van der Waals surface area contributed by atoms with Crippen LogP contribution in [0.1, 0.15) is 12.5 Å². The van der Waals surface area contributed by atoms with Crippen molar-refractivity contribution in [2.75, 3.05) is 20.3 Å². The maximum Gasteiger partial charge on any atom is 0.306 e. The third-order valence-electron chi connectivity index (χ3n) is 3.09. The second-order valence-electron chi connectivity index (χ2n) is 4.71. The second-order valence-corrected chi connectivity index (χ2v) is 4.71. The van der Waals surface area contributed by atoms with Crippen molar-refractivity contribution in [3.05, 3.63) is 23.8 Å². The maximum absolute atomic E-state index is 10.8. The normalized spacial score (nSPS) is 16.5. The van der Waals surface area contributed by atoms with Crippen molar-refractivity contribution in [3.63, 3.8) is 0 Å². The van der Waals surface area contributed by atoms with Crippen LogP contribution in [0, 0.1) is 5.92 Å². The first kappa shape index (κ1) is 13.7. The first-order valence-electron chi connectivity index (χ1n) is 6.24. The lowest BCUT2D eigenvalue weighted by Crippen LogP contribution is -2.38. The minimum absolute atomic E-state index is 0.0812. The van der Waals surface area contributed by atoms with Crippen molar-refractivity contribution in [1.29, 1.82) is 0 Å². The molecule has 0 radical (unpaired) electrons. The Morgan fingerprint density at radius 2 is 2.21 bits per heavy atom. The van der Waals surface area contributed by atoms with Gasteiger partial charge in [0.15, 0.2) is 11.5 Å². The Kier molecular flexibility index (Phi) is 4.27. The molecule has 1 N–H and O–H groups in total. The van der Waals surface area contributed by atoms with Crippen LogP contribution in [0.25, 0.3) is 0 Å². The van der Waals surface area contributed by atoms with Crippen LogP contribution in [0.5, 0.6) is 11.5 Å². The first-order valence-corrected chi connectivity index (χ1v) is 6.24. The zero-order chi connectivity index (χ0) is 13.8. The molecule has 1 atom stereocenters. The van der Waals surface area contributed by atoms with E-state index in [4.69, 9.17) is 19.3 Å². The van der Waals surface area contributed by atoms with Gasteiger partial charge in [0.2, 0.25) is 0 Å². The highest BCUT2D eigenvalue weighted by molar-refractivity contribution is 5.70. The Balaban J connectivity index is 2.08. The highest BCUT2D eigenvalue weighted by Crippen LogP contribution is 2.30. The van der Waals surface area contributed by atoms with Crippen molar-refractivity contribution in [3.8, 4) is 11.5 Å². The van der Waals surface area contributed by atoms with Crippen LogP contribution < -0.4 is 9.47 Å². The zero-order valence-electron chi connectivity index (χ0n) is 11.1. The molecule has 0 aliphatic carbocycles. The molecule has 5 heteroatoms. The topological polar surface area (TPSA) is 65.0 Å². The predicted molar refractivity (Wildman–Crippen MR) is 68.7 cm³/mol. The maximum atomic E-state index is 10.8. The van der Waals surface area contributed by atoms with Gasteiger partial charge in [0.25, 0.3) is 0 Å². The smallest absolute Gasteiger partial charge is 0.306 e. The molecule has 19 heavy (non-hydrogen) atoms. The van der Waals surface area contributed by atoms with Gasteiger partial charge in [-0.05, 0) is 24.1 Å². The molecule has 1 fully saturated rings. The van der Waals surface area contributed by atoms with E-state index in [1.807, 2.05) is 18.2 Å². The van der Waals surface area contributed by atoms with E-state index < -0.39 is 11.9 Å². The van der Waals surface area contributed by atoms with Gasteiger partial charge in [0.1, 0.15) is 6.10 Å². The van der Waals surface area contributed by atoms with E-state index >= 15 is 0 Å². The summed E-state index contributed by atoms with van der Waals surface area (Å²) in [7, 11) is 1.57. The summed E-state index contributed by atoms with van der Waals surface area (Å²) < 4.78 is 16.0. The number of rotatable bonds is 6. The van der Waals surface area contributed by atoms with Crippen molar-refractivity contribution in [1.82, 2.24) is 0 Å². The van der Waals surface area contributed by atoms with Crippen LogP contribution in [-0.2, 0) is 16.0 Å². The zero-order valence-corrected chi connectivity index (χ0v) is 11.1. The van der Waals surface area contributed by atoms with Gasteiger partial charge in [-0.3, -0.25) is 4.79 Å². The van der Waals surface area contributed by atoms with E-state index in [9.17, 15) is 4.79 Å². The predicted octanol–water partition coefficient (Wildman–Crippen LogP) is 1.74. The van der Waals surface area contributed by atoms with E-state index in [2.05, 4.69) is 0 Å². The third kappa shape index (κ3) is 3.38. The molecule has 0 spiro atoms. The van der Waals surface area contributed by atoms with Crippen molar-refractivity contribution in [2.45, 2.75) is 19.4 Å². The number of hydrogen-bond acceptors (Lipinski definition) is 4. The van der Waals surface area contributed by atoms with E-state index in [0.29, 0.717) is 31.1 Å². The molecule has 1 aromatic carbocycles. The second kappa shape index (κ2) is 5.93. The van der Waals surface area contributed by atoms with Crippen LogP contribution in [0.15, 0.2) is 18.2 Å². The molecule has 0 saturated carbocycles. The number of hydrogen-bond donors (Lipinski definition) is 1. The van der Waals surface area contributed by atoms with Crippen LogP contribution >= 0.6 is 0 Å². The Morgan fingerprint density at radius 1 is 1.47 bits per heavy atom. The Bertz CT molecular complexity index is 453. The monoisotopic (exact) mass is 266 g/mol. The number of carbonyl (C=O) groups is 1. The molecule has 2 rings (SSSR count). The van der Waals surface area contributed by atoms with E-state index in [0.717, 1.165) is 5.56 Å². The highest BCUT2D eigenvalue weighted by atomic mass is 16.6. The molecule has 1 aromatic rings. The van der Waals surface area contributed by atoms with Gasteiger partial charge < -0.3 is 19.3 Å². The lowest BCUT2D eigenvalue weighted by Gasteiger charge is -2.27. The minimum atomic E-state index is -0.800. The van der Waals surface area contributed by atoms with Crippen molar-refractivity contribution >= 4 is 5.97 Å². The molecule has 1 saturated heterocycles. The summed E-state index contributed by atoms with van der Waals surface area (Å²) in [5, 5.41) is 8.91. The number of ether oxygens (including phenoxy) is 3. The van der Waals surface area contributed by atoms with Gasteiger partial charge in [0, 0.05) is 0 Å². The average molecular weight is 266 g/mol. The quantitative estimate of drug-likeness (QED) is 0.849. The van der Waals surface area contributed by atoms with Gasteiger partial charge in [-0.1, -0.05) is 13.0 Å². The Labute approximate surface area is 112 Å². The number of methoxy groups -OCH3 is 1. The summed E-state index contributed by atoms with van der Waals surface area (Å²) >= 11 is 0. The molecule has 1 unspecified atom stereocenters. The fraction of sp³-hybridized carbons (Fsp3) is 0.500. The summed E-state index contributed by atoms with van der Waals surface area (Å²) in [6.45, 7) is 2.88. The van der Waals surface area contributed by atoms with Crippen LogP contribution in [0.2, 0.25) is 0 Å². The van der Waals surface area contributed by atoms with Gasteiger partial charge >= 0.3 is 5.97 Å². The Hall–Kier alpha value is -1.75. The number of benzene rings is 1. The van der Waals surface area contributed by atoms with Crippen LogP contribution in [0.3, 0.4) is 0 Å². The van der Waals surface area contributed by atoms with Gasteiger partial charge in [-0.2, -0.15) is 0 Å². The fourth-order valence-corrected chi connectivity index (χ4v) is 1.84. The number of carboxylic acid groups (broad SMARTS) is 1. The summed E-state index contributed by atoms with van der Waals surface area (Å²) in [4.78, 5) is 10.8. The molecule has 0 bridgehead atoms. The van der Waals surface area contributed by atoms with Gasteiger partial charge in [0.05, 0.1) is 26.2 Å². The molecule has 0 aromatic heterocycles. The van der Waals surface area contributed by atoms with Crippen LogP contribution in [0.4, 0.5) is 0 Å². The molecule has 5 nitrogen and oxygen atoms in total. The van der Waals surface area contributed by atoms with E-state index in [-0.39, 0.29) is 6.10 Å². The summed E-state index contributed by atoms with van der Waals surface area (Å²) in [5.41, 5.74) is 0.920. The van der Waals surface area contributed by atoms with Crippen LogP contribution in [-0.4, -0.2) is 37.5 Å². The SMILES string of the molecule is COc1cc(CC(C)C(=O)O)ccc1OC1COC1.